The van der Waals surface area contributed by atoms with E-state index in [2.05, 4.69) is 36.4 Å². The van der Waals surface area contributed by atoms with Crippen molar-refractivity contribution in [2.75, 3.05) is 0 Å². The molecule has 0 unspecified atom stereocenters. The molecule has 0 aliphatic rings. The van der Waals surface area contributed by atoms with E-state index in [-0.39, 0.29) is 5.78 Å². The zero-order chi connectivity index (χ0) is 13.0. The highest BCUT2D eigenvalue weighted by molar-refractivity contribution is 5.94. The minimum absolute atomic E-state index is 0.0830. The van der Waals surface area contributed by atoms with E-state index >= 15 is 0 Å². The maximum Gasteiger partial charge on any atom is 0.152 e. The highest BCUT2D eigenvalue weighted by atomic mass is 16.1. The molecule has 0 saturated carbocycles. The molecule has 0 N–H and O–H groups in total. The number of hydrogen-bond donors (Lipinski definition) is 0. The van der Waals surface area contributed by atoms with Crippen molar-refractivity contribution in [1.82, 2.24) is 0 Å². The molecule has 0 atom stereocenters. The topological polar surface area (TPSA) is 17.1 Å². The van der Waals surface area contributed by atoms with Crippen molar-refractivity contribution in [3.05, 3.63) is 66.2 Å². The number of ketones is 1. The van der Waals surface area contributed by atoms with Crippen LogP contribution in [0.3, 0.4) is 0 Å². The Labute approximate surface area is 108 Å². The second-order valence-corrected chi connectivity index (χ2v) is 4.38. The summed E-state index contributed by atoms with van der Waals surface area (Å²) >= 11 is 0. The number of rotatable bonds is 3. The molecule has 0 heterocycles. The lowest BCUT2D eigenvalue weighted by Crippen LogP contribution is -1.86. The third kappa shape index (κ3) is 2.95. The van der Waals surface area contributed by atoms with Crippen LogP contribution >= 0.6 is 0 Å². The highest BCUT2D eigenvalue weighted by Gasteiger charge is 1.99. The lowest BCUT2D eigenvalue weighted by atomic mass is 10.0. The highest BCUT2D eigenvalue weighted by Crippen LogP contribution is 2.22. The van der Waals surface area contributed by atoms with Crippen LogP contribution in [0.4, 0.5) is 0 Å². The van der Waals surface area contributed by atoms with E-state index in [9.17, 15) is 4.79 Å². The van der Waals surface area contributed by atoms with Crippen LogP contribution in [0.15, 0.2) is 60.7 Å². The van der Waals surface area contributed by atoms with Crippen molar-refractivity contribution < 1.29 is 4.79 Å². The van der Waals surface area contributed by atoms with E-state index in [4.69, 9.17) is 0 Å². The molecule has 0 fully saturated rings. The van der Waals surface area contributed by atoms with Gasteiger partial charge in [0.1, 0.15) is 0 Å². The predicted octanol–water partition coefficient (Wildman–Crippen LogP) is 4.35. The van der Waals surface area contributed by atoms with Crippen molar-refractivity contribution in [1.29, 1.82) is 0 Å². The van der Waals surface area contributed by atoms with Crippen LogP contribution < -0.4 is 0 Å². The molecular formula is C17H16O. The Balaban J connectivity index is 2.29. The molecule has 18 heavy (non-hydrogen) atoms. The fourth-order valence-electron chi connectivity index (χ4n) is 1.94. The first-order valence-corrected chi connectivity index (χ1v) is 6.01. The number of allylic oxidation sites excluding steroid dienone is 2. The predicted molar refractivity (Wildman–Crippen MR) is 76.2 cm³/mol. The van der Waals surface area contributed by atoms with Gasteiger partial charge in [-0.05, 0) is 42.2 Å². The van der Waals surface area contributed by atoms with Crippen LogP contribution in [-0.4, -0.2) is 5.78 Å². The first-order valence-electron chi connectivity index (χ1n) is 6.01. The van der Waals surface area contributed by atoms with Crippen molar-refractivity contribution >= 4 is 11.4 Å². The summed E-state index contributed by atoms with van der Waals surface area (Å²) in [4.78, 5) is 11.0. The molecule has 0 aromatic heterocycles. The van der Waals surface area contributed by atoms with Gasteiger partial charge in [0.05, 0.1) is 0 Å². The summed E-state index contributed by atoms with van der Waals surface area (Å²) in [6.07, 6.45) is 1.66. The van der Waals surface area contributed by atoms with Crippen LogP contribution in [0, 0.1) is 0 Å². The van der Waals surface area contributed by atoms with Crippen molar-refractivity contribution in [2.45, 2.75) is 13.8 Å². The van der Waals surface area contributed by atoms with Crippen LogP contribution in [0.1, 0.15) is 19.4 Å². The van der Waals surface area contributed by atoms with Crippen molar-refractivity contribution in [3.63, 3.8) is 0 Å². The summed E-state index contributed by atoms with van der Waals surface area (Å²) < 4.78 is 0. The van der Waals surface area contributed by atoms with Gasteiger partial charge in [-0.25, -0.2) is 0 Å². The minimum Gasteiger partial charge on any atom is -0.295 e. The Morgan fingerprint density at radius 2 is 1.39 bits per heavy atom. The Bertz CT molecular complexity index is 562. The van der Waals surface area contributed by atoms with E-state index < -0.39 is 0 Å². The van der Waals surface area contributed by atoms with Crippen LogP contribution in [0.2, 0.25) is 0 Å². The zero-order valence-corrected chi connectivity index (χ0v) is 10.7. The maximum atomic E-state index is 11.0. The molecule has 0 aliphatic heterocycles. The molecule has 1 heteroatoms. The molecular weight excluding hydrogens is 220 g/mol. The third-order valence-electron chi connectivity index (χ3n) is 2.87. The summed E-state index contributed by atoms with van der Waals surface area (Å²) in [6, 6.07) is 18.5. The molecule has 0 aliphatic carbocycles. The second kappa shape index (κ2) is 5.46. The maximum absolute atomic E-state index is 11.0. The largest absolute Gasteiger partial charge is 0.295 e. The average Bonchev–Trinajstić information content (AvgIpc) is 2.39. The van der Waals surface area contributed by atoms with Gasteiger partial charge in [0.2, 0.25) is 0 Å². The van der Waals surface area contributed by atoms with Gasteiger partial charge in [-0.15, -0.1) is 0 Å². The summed E-state index contributed by atoms with van der Waals surface area (Å²) in [7, 11) is 0. The van der Waals surface area contributed by atoms with Gasteiger partial charge in [0.25, 0.3) is 0 Å². The Hall–Kier alpha value is -2.15. The van der Waals surface area contributed by atoms with Crippen molar-refractivity contribution in [3.8, 4) is 11.1 Å². The zero-order valence-electron chi connectivity index (χ0n) is 10.7. The van der Waals surface area contributed by atoms with E-state index in [1.54, 1.807) is 13.0 Å². The smallest absolute Gasteiger partial charge is 0.152 e. The van der Waals surface area contributed by atoms with Gasteiger partial charge in [0.15, 0.2) is 5.78 Å². The molecule has 0 saturated heterocycles. The van der Waals surface area contributed by atoms with Gasteiger partial charge >= 0.3 is 0 Å². The number of benzene rings is 2. The van der Waals surface area contributed by atoms with Gasteiger partial charge in [-0.3, -0.25) is 4.79 Å². The molecule has 0 amide bonds. The van der Waals surface area contributed by atoms with Gasteiger partial charge in [0, 0.05) is 0 Å². The number of carbonyl (C=O) groups excluding carboxylic acids is 1. The minimum atomic E-state index is 0.0830. The quantitative estimate of drug-likeness (QED) is 0.724. The summed E-state index contributed by atoms with van der Waals surface area (Å²) in [5.74, 6) is 0.0830. The summed E-state index contributed by atoms with van der Waals surface area (Å²) in [5.41, 5.74) is 4.49. The van der Waals surface area contributed by atoms with E-state index in [1.165, 1.54) is 11.1 Å². The van der Waals surface area contributed by atoms with E-state index in [0.717, 1.165) is 11.1 Å². The molecule has 2 rings (SSSR count). The van der Waals surface area contributed by atoms with Crippen LogP contribution in [-0.2, 0) is 4.79 Å². The molecule has 0 bridgehead atoms. The first kappa shape index (κ1) is 12.3. The number of hydrogen-bond acceptors (Lipinski definition) is 1. The standard InChI is InChI=1S/C17H16O/c1-13(12-14(2)18)15-8-10-17(11-9-15)16-6-4-3-5-7-16/h3-12H,1-2H3/b13-12-. The first-order chi connectivity index (χ1) is 8.66. The lowest BCUT2D eigenvalue weighted by molar-refractivity contribution is -0.112. The summed E-state index contributed by atoms with van der Waals surface area (Å²) in [5, 5.41) is 0. The Kier molecular flexibility index (Phi) is 3.73. The molecule has 90 valence electrons. The molecule has 2 aromatic carbocycles. The fourth-order valence-corrected chi connectivity index (χ4v) is 1.94. The van der Waals surface area contributed by atoms with Gasteiger partial charge in [-0.2, -0.15) is 0 Å². The van der Waals surface area contributed by atoms with Crippen molar-refractivity contribution in [2.24, 2.45) is 0 Å². The van der Waals surface area contributed by atoms with E-state index in [0.29, 0.717) is 0 Å². The SMILES string of the molecule is CC(=O)/C=C(/C)c1ccc(-c2ccccc2)cc1. The summed E-state index contributed by atoms with van der Waals surface area (Å²) in [6.45, 7) is 3.53. The lowest BCUT2D eigenvalue weighted by Gasteiger charge is -2.04. The van der Waals surface area contributed by atoms with Gasteiger partial charge in [-0.1, -0.05) is 54.6 Å². The second-order valence-electron chi connectivity index (χ2n) is 4.38. The fraction of sp³-hybridized carbons (Fsp3) is 0.118. The third-order valence-corrected chi connectivity index (χ3v) is 2.87. The Morgan fingerprint density at radius 3 is 1.94 bits per heavy atom. The van der Waals surface area contributed by atoms with Crippen LogP contribution in [0.5, 0.6) is 0 Å². The molecule has 0 spiro atoms. The molecule has 1 nitrogen and oxygen atoms in total. The number of carbonyl (C=O) groups is 1. The van der Waals surface area contributed by atoms with Gasteiger partial charge < -0.3 is 0 Å². The van der Waals surface area contributed by atoms with E-state index in [1.807, 2.05) is 25.1 Å². The molecule has 2 aromatic rings. The monoisotopic (exact) mass is 236 g/mol. The molecule has 0 radical (unpaired) electrons. The average molecular weight is 236 g/mol. The normalized spacial score (nSPS) is 11.3. The Morgan fingerprint density at radius 1 is 0.833 bits per heavy atom. The van der Waals surface area contributed by atoms with Crippen LogP contribution in [0.25, 0.3) is 16.7 Å².